The average Bonchev–Trinajstić information content (AvgIpc) is 2.73. The predicted molar refractivity (Wildman–Crippen MR) is 80.3 cm³/mol. The summed E-state index contributed by atoms with van der Waals surface area (Å²) in [5.74, 6) is 3.30. The summed E-state index contributed by atoms with van der Waals surface area (Å²) in [4.78, 5) is 0. The van der Waals surface area contributed by atoms with Gasteiger partial charge < -0.3 is 10.1 Å². The van der Waals surface area contributed by atoms with E-state index in [1.54, 1.807) is 0 Å². The van der Waals surface area contributed by atoms with Gasteiger partial charge in [0.1, 0.15) is 0 Å². The van der Waals surface area contributed by atoms with Crippen LogP contribution in [0.3, 0.4) is 0 Å². The van der Waals surface area contributed by atoms with Crippen molar-refractivity contribution in [3.05, 3.63) is 0 Å². The van der Waals surface area contributed by atoms with Crippen LogP contribution in [0.5, 0.6) is 0 Å². The lowest BCUT2D eigenvalue weighted by molar-refractivity contribution is -0.0865. The number of thioether (sulfide) groups is 1. The monoisotopic (exact) mass is 271 g/mol. The van der Waals surface area contributed by atoms with E-state index in [-0.39, 0.29) is 5.60 Å². The molecule has 0 aliphatic carbocycles. The summed E-state index contributed by atoms with van der Waals surface area (Å²) in [5, 5.41) is 3.57. The van der Waals surface area contributed by atoms with Gasteiger partial charge in [0.15, 0.2) is 0 Å². The van der Waals surface area contributed by atoms with E-state index < -0.39 is 0 Å². The van der Waals surface area contributed by atoms with Crippen LogP contribution < -0.4 is 5.32 Å². The molecule has 106 valence electrons. The smallest absolute Gasteiger partial charge is 0.0783 e. The molecule has 0 aromatic heterocycles. The molecule has 1 N–H and O–H groups in total. The summed E-state index contributed by atoms with van der Waals surface area (Å²) in [7, 11) is 2.13. The zero-order valence-electron chi connectivity index (χ0n) is 12.4. The van der Waals surface area contributed by atoms with Gasteiger partial charge in [-0.15, -0.1) is 0 Å². The summed E-state index contributed by atoms with van der Waals surface area (Å²) in [6, 6.07) is 0.649. The highest BCUT2D eigenvalue weighted by Gasteiger charge is 2.42. The number of hydrogen-bond acceptors (Lipinski definition) is 3. The molecule has 3 atom stereocenters. The molecule has 2 rings (SSSR count). The number of rotatable bonds is 3. The molecule has 0 aromatic carbocycles. The molecule has 2 aliphatic heterocycles. The molecule has 2 saturated heterocycles. The molecule has 18 heavy (non-hydrogen) atoms. The van der Waals surface area contributed by atoms with E-state index >= 15 is 0 Å². The van der Waals surface area contributed by atoms with Crippen LogP contribution in [0.2, 0.25) is 0 Å². The Morgan fingerprint density at radius 3 is 2.78 bits per heavy atom. The van der Waals surface area contributed by atoms with E-state index in [2.05, 4.69) is 44.9 Å². The minimum absolute atomic E-state index is 0.223. The topological polar surface area (TPSA) is 21.3 Å². The summed E-state index contributed by atoms with van der Waals surface area (Å²) in [6.45, 7) is 8.00. The molecule has 0 radical (unpaired) electrons. The third kappa shape index (κ3) is 3.64. The number of nitrogens with one attached hydrogen (secondary N) is 1. The quantitative estimate of drug-likeness (QED) is 0.851. The van der Waals surface area contributed by atoms with Crippen molar-refractivity contribution in [2.24, 2.45) is 11.3 Å². The first-order valence-corrected chi connectivity index (χ1v) is 8.49. The maximum Gasteiger partial charge on any atom is 0.0783 e. The van der Waals surface area contributed by atoms with E-state index in [1.165, 1.54) is 37.2 Å². The maximum absolute atomic E-state index is 6.13. The fourth-order valence-electron chi connectivity index (χ4n) is 3.44. The Kier molecular flexibility index (Phi) is 4.66. The van der Waals surface area contributed by atoms with Crippen molar-refractivity contribution >= 4 is 11.8 Å². The molecule has 3 heteroatoms. The lowest BCUT2D eigenvalue weighted by Gasteiger charge is -2.42. The molecule has 2 nitrogen and oxygen atoms in total. The molecule has 0 amide bonds. The van der Waals surface area contributed by atoms with Gasteiger partial charge in [-0.1, -0.05) is 20.8 Å². The Balaban J connectivity index is 1.98. The van der Waals surface area contributed by atoms with Crippen molar-refractivity contribution in [3.63, 3.8) is 0 Å². The number of hydrogen-bond donors (Lipinski definition) is 1. The van der Waals surface area contributed by atoms with Gasteiger partial charge in [-0.2, -0.15) is 11.8 Å². The second kappa shape index (κ2) is 5.72. The average molecular weight is 271 g/mol. The van der Waals surface area contributed by atoms with Crippen LogP contribution in [-0.2, 0) is 4.74 Å². The molecule has 3 unspecified atom stereocenters. The molecule has 2 fully saturated rings. The van der Waals surface area contributed by atoms with Gasteiger partial charge in [0, 0.05) is 18.4 Å². The van der Waals surface area contributed by atoms with Gasteiger partial charge in [0.2, 0.25) is 0 Å². The van der Waals surface area contributed by atoms with E-state index in [1.807, 2.05) is 0 Å². The van der Waals surface area contributed by atoms with Gasteiger partial charge in [-0.25, -0.2) is 0 Å². The zero-order chi connectivity index (χ0) is 13.2. The minimum atomic E-state index is 0.223. The van der Waals surface area contributed by atoms with Crippen molar-refractivity contribution in [1.29, 1.82) is 0 Å². The fourth-order valence-corrected chi connectivity index (χ4v) is 4.81. The van der Waals surface area contributed by atoms with Crippen molar-refractivity contribution in [2.45, 2.75) is 58.1 Å². The lowest BCUT2D eigenvalue weighted by atomic mass is 9.76. The second-order valence-corrected chi connectivity index (χ2v) is 8.35. The molecule has 0 saturated carbocycles. The van der Waals surface area contributed by atoms with Crippen molar-refractivity contribution in [2.75, 3.05) is 25.2 Å². The standard InChI is InChI=1S/C15H29NOS/c1-14(2,3)10-13(16-4)12-5-7-17-15(9-12)6-8-18-11-15/h12-13,16H,5-11H2,1-4H3. The van der Waals surface area contributed by atoms with Crippen LogP contribution in [0.1, 0.15) is 46.5 Å². The third-order valence-corrected chi connectivity index (χ3v) is 5.59. The largest absolute Gasteiger partial charge is 0.374 e. The summed E-state index contributed by atoms with van der Waals surface area (Å²) in [6.07, 6.45) is 5.02. The van der Waals surface area contributed by atoms with Gasteiger partial charge in [0.05, 0.1) is 5.60 Å². The molecule has 2 aliphatic rings. The lowest BCUT2D eigenvalue weighted by Crippen LogP contribution is -2.47. The van der Waals surface area contributed by atoms with Crippen molar-refractivity contribution in [1.82, 2.24) is 5.32 Å². The minimum Gasteiger partial charge on any atom is -0.374 e. The van der Waals surface area contributed by atoms with Crippen molar-refractivity contribution < 1.29 is 4.74 Å². The normalized spacial score (nSPS) is 35.0. The van der Waals surface area contributed by atoms with Gasteiger partial charge in [0.25, 0.3) is 0 Å². The molecule has 0 bridgehead atoms. The predicted octanol–water partition coefficient (Wildman–Crippen LogP) is 3.31. The Labute approximate surface area is 117 Å². The molecular weight excluding hydrogens is 242 g/mol. The van der Waals surface area contributed by atoms with E-state index in [0.717, 1.165) is 12.5 Å². The highest BCUT2D eigenvalue weighted by atomic mass is 32.2. The van der Waals surface area contributed by atoms with Crippen molar-refractivity contribution in [3.8, 4) is 0 Å². The highest BCUT2D eigenvalue weighted by Crippen LogP contribution is 2.42. The van der Waals surface area contributed by atoms with Crippen LogP contribution in [0.25, 0.3) is 0 Å². The molecule has 1 spiro atoms. The maximum atomic E-state index is 6.13. The van der Waals surface area contributed by atoms with Crippen LogP contribution in [0.4, 0.5) is 0 Å². The van der Waals surface area contributed by atoms with Crippen LogP contribution in [0, 0.1) is 11.3 Å². The van der Waals surface area contributed by atoms with E-state index in [9.17, 15) is 0 Å². The van der Waals surface area contributed by atoms with Crippen LogP contribution in [-0.4, -0.2) is 36.8 Å². The summed E-state index contributed by atoms with van der Waals surface area (Å²) in [5.41, 5.74) is 0.629. The van der Waals surface area contributed by atoms with E-state index in [0.29, 0.717) is 11.5 Å². The molecular formula is C15H29NOS. The third-order valence-electron chi connectivity index (χ3n) is 4.37. The second-order valence-electron chi connectivity index (χ2n) is 7.25. The fraction of sp³-hybridized carbons (Fsp3) is 1.00. The zero-order valence-corrected chi connectivity index (χ0v) is 13.2. The Morgan fingerprint density at radius 1 is 1.44 bits per heavy atom. The van der Waals surface area contributed by atoms with Gasteiger partial charge in [-0.05, 0) is 49.8 Å². The van der Waals surface area contributed by atoms with Gasteiger partial charge in [-0.3, -0.25) is 0 Å². The van der Waals surface area contributed by atoms with E-state index in [4.69, 9.17) is 4.74 Å². The first kappa shape index (κ1) is 14.7. The Hall–Kier alpha value is 0.270. The van der Waals surface area contributed by atoms with Gasteiger partial charge >= 0.3 is 0 Å². The first-order chi connectivity index (χ1) is 8.44. The Morgan fingerprint density at radius 2 is 2.22 bits per heavy atom. The Bertz CT molecular complexity index is 268. The SMILES string of the molecule is CNC(CC(C)(C)C)C1CCOC2(CCSC2)C1. The van der Waals surface area contributed by atoms with Crippen LogP contribution >= 0.6 is 11.8 Å². The first-order valence-electron chi connectivity index (χ1n) is 7.33. The summed E-state index contributed by atoms with van der Waals surface area (Å²) >= 11 is 2.07. The van der Waals surface area contributed by atoms with Crippen LogP contribution in [0.15, 0.2) is 0 Å². The highest BCUT2D eigenvalue weighted by molar-refractivity contribution is 7.99. The summed E-state index contributed by atoms with van der Waals surface area (Å²) < 4.78 is 6.13. The number of ether oxygens (including phenoxy) is 1. The molecule has 2 heterocycles. The molecule has 0 aromatic rings.